The van der Waals surface area contributed by atoms with Crippen molar-refractivity contribution in [2.24, 2.45) is 0 Å². The van der Waals surface area contributed by atoms with Gasteiger partial charge >= 0.3 is 0 Å². The molecule has 0 atom stereocenters. The second kappa shape index (κ2) is 5.18. The molecule has 2 aromatic heterocycles. The smallest absolute Gasteiger partial charge is 0.258 e. The molecule has 23 heavy (non-hydrogen) atoms. The van der Waals surface area contributed by atoms with Crippen LogP contribution in [-0.4, -0.2) is 15.8 Å². The van der Waals surface area contributed by atoms with E-state index in [2.05, 4.69) is 9.97 Å². The van der Waals surface area contributed by atoms with E-state index in [1.54, 1.807) is 30.5 Å². The fourth-order valence-electron chi connectivity index (χ4n) is 2.80. The summed E-state index contributed by atoms with van der Waals surface area (Å²) >= 11 is 0. The summed E-state index contributed by atoms with van der Waals surface area (Å²) in [7, 11) is 0. The van der Waals surface area contributed by atoms with Crippen LogP contribution in [0.2, 0.25) is 0 Å². The number of rotatable bonds is 2. The van der Waals surface area contributed by atoms with E-state index in [-0.39, 0.29) is 17.0 Å². The minimum atomic E-state index is -0.306. The molecule has 0 aliphatic carbocycles. The maximum Gasteiger partial charge on any atom is 0.258 e. The van der Waals surface area contributed by atoms with E-state index in [1.165, 1.54) is 0 Å². The van der Waals surface area contributed by atoms with Gasteiger partial charge in [0.25, 0.3) is 5.56 Å². The van der Waals surface area contributed by atoms with Gasteiger partial charge < -0.3 is 4.98 Å². The molecule has 4 heteroatoms. The van der Waals surface area contributed by atoms with Crippen LogP contribution < -0.4 is 5.56 Å². The minimum absolute atomic E-state index is 0.187. The molecule has 110 valence electrons. The molecule has 0 aliphatic rings. The fourth-order valence-corrected chi connectivity index (χ4v) is 2.80. The number of carbonyl (C=O) groups is 1. The van der Waals surface area contributed by atoms with Crippen molar-refractivity contribution in [3.8, 4) is 0 Å². The van der Waals surface area contributed by atoms with Gasteiger partial charge in [0.1, 0.15) is 5.69 Å². The molecule has 0 aliphatic heterocycles. The van der Waals surface area contributed by atoms with Crippen molar-refractivity contribution in [2.45, 2.75) is 0 Å². The molecule has 0 radical (unpaired) electrons. The summed E-state index contributed by atoms with van der Waals surface area (Å²) in [6, 6.07) is 18.2. The molecule has 1 N–H and O–H groups in total. The molecule has 2 heterocycles. The van der Waals surface area contributed by atoms with Crippen molar-refractivity contribution >= 4 is 27.5 Å². The van der Waals surface area contributed by atoms with E-state index in [4.69, 9.17) is 0 Å². The molecule has 0 bridgehead atoms. The van der Waals surface area contributed by atoms with Gasteiger partial charge in [0.15, 0.2) is 0 Å². The van der Waals surface area contributed by atoms with Crippen LogP contribution in [0.3, 0.4) is 0 Å². The summed E-state index contributed by atoms with van der Waals surface area (Å²) in [5, 5.41) is 1.93. The molecule has 0 fully saturated rings. The summed E-state index contributed by atoms with van der Waals surface area (Å²) in [5.74, 6) is -0.252. The molecule has 0 saturated heterocycles. The Bertz CT molecular complexity index is 1100. The van der Waals surface area contributed by atoms with Crippen molar-refractivity contribution in [3.63, 3.8) is 0 Å². The predicted molar refractivity (Wildman–Crippen MR) is 89.7 cm³/mol. The number of nitrogens with one attached hydrogen (secondary N) is 1. The van der Waals surface area contributed by atoms with Crippen molar-refractivity contribution < 1.29 is 4.79 Å². The lowest BCUT2D eigenvalue weighted by Gasteiger charge is -2.08. The van der Waals surface area contributed by atoms with E-state index in [0.717, 1.165) is 10.8 Å². The zero-order valence-electron chi connectivity index (χ0n) is 12.1. The Morgan fingerprint density at radius 1 is 0.870 bits per heavy atom. The largest absolute Gasteiger partial charge is 0.328 e. The first-order valence-corrected chi connectivity index (χ1v) is 7.25. The van der Waals surface area contributed by atoms with Crippen molar-refractivity contribution in [1.82, 2.24) is 9.97 Å². The number of hydrogen-bond donors (Lipinski definition) is 1. The highest BCUT2D eigenvalue weighted by Crippen LogP contribution is 2.25. The third-order valence-electron chi connectivity index (χ3n) is 3.88. The lowest BCUT2D eigenvalue weighted by molar-refractivity contribution is 0.103. The first kappa shape index (κ1) is 13.4. The van der Waals surface area contributed by atoms with Gasteiger partial charge in [-0.3, -0.25) is 9.59 Å². The number of pyridine rings is 2. The van der Waals surface area contributed by atoms with Gasteiger partial charge in [-0.25, -0.2) is 4.98 Å². The number of ketones is 1. The van der Waals surface area contributed by atoms with Crippen LogP contribution in [0, 0.1) is 0 Å². The first-order valence-electron chi connectivity index (χ1n) is 7.25. The predicted octanol–water partition coefficient (Wildman–Crippen LogP) is 3.31. The van der Waals surface area contributed by atoms with Crippen LogP contribution >= 0.6 is 0 Å². The lowest BCUT2D eigenvalue weighted by Crippen LogP contribution is -2.13. The van der Waals surface area contributed by atoms with Crippen LogP contribution in [-0.2, 0) is 0 Å². The number of hydrogen-bond acceptors (Lipinski definition) is 3. The van der Waals surface area contributed by atoms with E-state index in [0.29, 0.717) is 16.5 Å². The maximum atomic E-state index is 12.8. The van der Waals surface area contributed by atoms with Crippen LogP contribution in [0.4, 0.5) is 0 Å². The highest BCUT2D eigenvalue weighted by Gasteiger charge is 2.18. The Morgan fingerprint density at radius 3 is 2.43 bits per heavy atom. The molecular formula is C19H12N2O2. The molecule has 0 spiro atoms. The monoisotopic (exact) mass is 300 g/mol. The quantitative estimate of drug-likeness (QED) is 0.456. The average molecular weight is 300 g/mol. The van der Waals surface area contributed by atoms with E-state index < -0.39 is 0 Å². The third-order valence-corrected chi connectivity index (χ3v) is 3.88. The highest BCUT2D eigenvalue weighted by molar-refractivity contribution is 6.19. The minimum Gasteiger partial charge on any atom is -0.328 e. The third kappa shape index (κ3) is 2.12. The molecule has 0 amide bonds. The maximum absolute atomic E-state index is 12.8. The fraction of sp³-hybridized carbons (Fsp3) is 0. The Kier molecular flexibility index (Phi) is 3.01. The Hall–Kier alpha value is -3.27. The number of H-pyrrole nitrogens is 1. The first-order chi connectivity index (χ1) is 11.3. The van der Waals surface area contributed by atoms with Crippen molar-refractivity contribution in [1.29, 1.82) is 0 Å². The number of fused-ring (bicyclic) bond motifs is 3. The van der Waals surface area contributed by atoms with Crippen LogP contribution in [0.1, 0.15) is 16.1 Å². The molecule has 0 saturated carbocycles. The summed E-state index contributed by atoms with van der Waals surface area (Å²) in [4.78, 5) is 32.3. The number of aromatic amines is 1. The molecule has 0 unspecified atom stereocenters. The number of carbonyl (C=O) groups excluding carboxylic acids is 1. The van der Waals surface area contributed by atoms with Crippen molar-refractivity contribution in [2.75, 3.05) is 0 Å². The normalized spacial score (nSPS) is 11.0. The van der Waals surface area contributed by atoms with Crippen molar-refractivity contribution in [3.05, 3.63) is 88.5 Å². The Morgan fingerprint density at radius 2 is 1.61 bits per heavy atom. The van der Waals surface area contributed by atoms with Crippen LogP contribution in [0.25, 0.3) is 21.7 Å². The highest BCUT2D eigenvalue weighted by atomic mass is 16.1. The number of benzene rings is 2. The summed E-state index contributed by atoms with van der Waals surface area (Å²) in [6.07, 6.45) is 1.59. The van der Waals surface area contributed by atoms with Gasteiger partial charge in [0, 0.05) is 22.5 Å². The SMILES string of the molecule is O=C(c1ccccc1)c1nc2ccccc2c2cc[nH]c(=O)c12. The van der Waals surface area contributed by atoms with E-state index >= 15 is 0 Å². The molecule has 4 nitrogen and oxygen atoms in total. The van der Waals surface area contributed by atoms with Crippen LogP contribution in [0.5, 0.6) is 0 Å². The van der Waals surface area contributed by atoms with E-state index in [9.17, 15) is 9.59 Å². The number of nitrogens with zero attached hydrogens (tertiary/aromatic N) is 1. The van der Waals surface area contributed by atoms with E-state index in [1.807, 2.05) is 36.4 Å². The lowest BCUT2D eigenvalue weighted by atomic mass is 10.0. The molecule has 4 rings (SSSR count). The standard InChI is InChI=1S/C19H12N2O2/c22-18(12-6-2-1-3-7-12)17-16-14(10-11-20-19(16)23)13-8-4-5-9-15(13)21-17/h1-11H,(H,20,23). The van der Waals surface area contributed by atoms with Gasteiger partial charge in [-0.1, -0.05) is 48.5 Å². The number of para-hydroxylation sites is 1. The topological polar surface area (TPSA) is 62.8 Å². The van der Waals surface area contributed by atoms with Gasteiger partial charge in [0.2, 0.25) is 5.78 Å². The molecule has 2 aromatic carbocycles. The zero-order chi connectivity index (χ0) is 15.8. The van der Waals surface area contributed by atoms with Gasteiger partial charge in [0.05, 0.1) is 10.9 Å². The summed E-state index contributed by atoms with van der Waals surface area (Å²) < 4.78 is 0. The molecule has 4 aromatic rings. The zero-order valence-corrected chi connectivity index (χ0v) is 12.1. The van der Waals surface area contributed by atoms with Gasteiger partial charge in [-0.05, 0) is 12.1 Å². The summed E-state index contributed by atoms with van der Waals surface area (Å²) in [5.41, 5.74) is 1.09. The van der Waals surface area contributed by atoms with Crippen LogP contribution in [0.15, 0.2) is 71.7 Å². The summed E-state index contributed by atoms with van der Waals surface area (Å²) in [6.45, 7) is 0. The van der Waals surface area contributed by atoms with Gasteiger partial charge in [-0.15, -0.1) is 0 Å². The Balaban J connectivity index is 2.13. The Labute approximate surface area is 131 Å². The van der Waals surface area contributed by atoms with Gasteiger partial charge in [-0.2, -0.15) is 0 Å². The average Bonchev–Trinajstić information content (AvgIpc) is 2.61. The second-order valence-electron chi connectivity index (χ2n) is 5.27. The second-order valence-corrected chi connectivity index (χ2v) is 5.27. The molecular weight excluding hydrogens is 288 g/mol. The number of aromatic nitrogens is 2.